The van der Waals surface area contributed by atoms with Crippen molar-refractivity contribution < 1.29 is 13.5 Å². The van der Waals surface area contributed by atoms with Crippen LogP contribution in [0.3, 0.4) is 0 Å². The Morgan fingerprint density at radius 3 is 2.67 bits per heavy atom. The highest BCUT2D eigenvalue weighted by Gasteiger charge is 2.30. The molecule has 0 spiro atoms. The maximum atomic E-state index is 12.0. The molecule has 1 saturated carbocycles. The Kier molecular flexibility index (Phi) is 4.04. The van der Waals surface area contributed by atoms with Gasteiger partial charge < -0.3 is 5.11 Å². The Bertz CT molecular complexity index is 509. The molecule has 2 rings (SSSR count). The number of sulfonamides is 1. The lowest BCUT2D eigenvalue weighted by Crippen LogP contribution is -2.25. The van der Waals surface area contributed by atoms with Gasteiger partial charge >= 0.3 is 0 Å². The van der Waals surface area contributed by atoms with Gasteiger partial charge in [0.25, 0.3) is 0 Å². The van der Waals surface area contributed by atoms with Crippen LogP contribution in [-0.2, 0) is 16.4 Å². The van der Waals surface area contributed by atoms with Crippen LogP contribution in [0.2, 0.25) is 0 Å². The van der Waals surface area contributed by atoms with Gasteiger partial charge in [-0.25, -0.2) is 13.1 Å². The molecule has 2 N–H and O–H groups in total. The molecule has 1 aliphatic rings. The predicted molar refractivity (Wildman–Crippen MR) is 69.7 cm³/mol. The van der Waals surface area contributed by atoms with Gasteiger partial charge in [-0.2, -0.15) is 0 Å². The third-order valence-electron chi connectivity index (χ3n) is 3.19. The van der Waals surface area contributed by atoms with E-state index in [-0.39, 0.29) is 4.90 Å². The van der Waals surface area contributed by atoms with E-state index >= 15 is 0 Å². The van der Waals surface area contributed by atoms with E-state index in [0.717, 1.165) is 12.8 Å². The SMILES string of the molecule is CCNS(=O)(=O)c1ccccc1CC(O)C1CC1. The van der Waals surface area contributed by atoms with E-state index in [1.54, 1.807) is 31.2 Å². The van der Waals surface area contributed by atoms with Crippen molar-refractivity contribution in [2.75, 3.05) is 6.54 Å². The first-order valence-electron chi connectivity index (χ1n) is 6.30. The van der Waals surface area contributed by atoms with Crippen molar-refractivity contribution in [1.29, 1.82) is 0 Å². The molecule has 1 unspecified atom stereocenters. The molecule has 1 atom stereocenters. The molecule has 0 radical (unpaired) electrons. The summed E-state index contributed by atoms with van der Waals surface area (Å²) in [5, 5.41) is 9.95. The van der Waals surface area contributed by atoms with Crippen molar-refractivity contribution in [2.45, 2.75) is 37.2 Å². The first-order valence-corrected chi connectivity index (χ1v) is 7.78. The molecule has 0 amide bonds. The third kappa shape index (κ3) is 3.10. The van der Waals surface area contributed by atoms with Gasteiger partial charge in [0.15, 0.2) is 0 Å². The summed E-state index contributed by atoms with van der Waals surface area (Å²) < 4.78 is 26.5. The lowest BCUT2D eigenvalue weighted by atomic mass is 10.1. The fourth-order valence-corrected chi connectivity index (χ4v) is 3.37. The summed E-state index contributed by atoms with van der Waals surface area (Å²) in [4.78, 5) is 0.284. The molecule has 1 fully saturated rings. The minimum Gasteiger partial charge on any atom is -0.392 e. The van der Waals surface area contributed by atoms with Gasteiger partial charge in [0.2, 0.25) is 10.0 Å². The lowest BCUT2D eigenvalue weighted by molar-refractivity contribution is 0.151. The van der Waals surface area contributed by atoms with Gasteiger partial charge in [-0.15, -0.1) is 0 Å². The van der Waals surface area contributed by atoms with E-state index in [1.807, 2.05) is 0 Å². The molecule has 4 nitrogen and oxygen atoms in total. The average Bonchev–Trinajstić information content (AvgIpc) is 3.13. The van der Waals surface area contributed by atoms with Crippen LogP contribution in [-0.4, -0.2) is 26.2 Å². The molecule has 1 aliphatic carbocycles. The third-order valence-corrected chi connectivity index (χ3v) is 4.84. The number of aliphatic hydroxyl groups excluding tert-OH is 1. The Morgan fingerprint density at radius 2 is 2.06 bits per heavy atom. The normalized spacial score (nSPS) is 17.7. The standard InChI is InChI=1S/C13H19NO3S/c1-2-14-18(16,17)13-6-4-3-5-11(13)9-12(15)10-7-8-10/h3-6,10,12,14-15H,2,7-9H2,1H3. The highest BCUT2D eigenvalue weighted by molar-refractivity contribution is 7.89. The highest BCUT2D eigenvalue weighted by atomic mass is 32.2. The summed E-state index contributed by atoms with van der Waals surface area (Å²) in [6.07, 6.45) is 2.07. The highest BCUT2D eigenvalue weighted by Crippen LogP contribution is 2.34. The summed E-state index contributed by atoms with van der Waals surface area (Å²) in [7, 11) is -3.45. The minimum absolute atomic E-state index is 0.284. The molecule has 0 aromatic heterocycles. The summed E-state index contributed by atoms with van der Waals surface area (Å²) in [5.41, 5.74) is 0.692. The average molecular weight is 269 g/mol. The van der Waals surface area contributed by atoms with Crippen molar-refractivity contribution in [2.24, 2.45) is 5.92 Å². The largest absolute Gasteiger partial charge is 0.392 e. The Balaban J connectivity index is 2.24. The molecule has 100 valence electrons. The molecular weight excluding hydrogens is 250 g/mol. The van der Waals surface area contributed by atoms with Crippen LogP contribution in [0.5, 0.6) is 0 Å². The van der Waals surface area contributed by atoms with Crippen molar-refractivity contribution in [3.8, 4) is 0 Å². The van der Waals surface area contributed by atoms with Crippen LogP contribution in [0, 0.1) is 5.92 Å². The monoisotopic (exact) mass is 269 g/mol. The first kappa shape index (κ1) is 13.5. The Labute approximate surface area is 108 Å². The number of benzene rings is 1. The van der Waals surface area contributed by atoms with Gasteiger partial charge in [0.05, 0.1) is 11.0 Å². The van der Waals surface area contributed by atoms with E-state index in [4.69, 9.17) is 0 Å². The number of nitrogens with one attached hydrogen (secondary N) is 1. The number of rotatable bonds is 6. The van der Waals surface area contributed by atoms with Gasteiger partial charge in [-0.1, -0.05) is 25.1 Å². The zero-order valence-electron chi connectivity index (χ0n) is 10.5. The van der Waals surface area contributed by atoms with Crippen molar-refractivity contribution >= 4 is 10.0 Å². The van der Waals surface area contributed by atoms with Crippen molar-refractivity contribution in [3.63, 3.8) is 0 Å². The van der Waals surface area contributed by atoms with E-state index in [1.165, 1.54) is 0 Å². The van der Waals surface area contributed by atoms with Crippen LogP contribution in [0.25, 0.3) is 0 Å². The topological polar surface area (TPSA) is 66.4 Å². The Hall–Kier alpha value is -0.910. The van der Waals surface area contributed by atoms with Crippen LogP contribution >= 0.6 is 0 Å². The molecular formula is C13H19NO3S. The van der Waals surface area contributed by atoms with Crippen LogP contribution in [0.1, 0.15) is 25.3 Å². The van der Waals surface area contributed by atoms with Crippen LogP contribution in [0.15, 0.2) is 29.2 Å². The van der Waals surface area contributed by atoms with E-state index < -0.39 is 16.1 Å². The van der Waals surface area contributed by atoms with Crippen LogP contribution in [0.4, 0.5) is 0 Å². The summed E-state index contributed by atoms with van der Waals surface area (Å²) >= 11 is 0. The maximum absolute atomic E-state index is 12.0. The van der Waals surface area contributed by atoms with E-state index in [0.29, 0.717) is 24.4 Å². The Morgan fingerprint density at radius 1 is 1.39 bits per heavy atom. The van der Waals surface area contributed by atoms with E-state index in [2.05, 4.69) is 4.72 Å². The fourth-order valence-electron chi connectivity index (χ4n) is 2.08. The second kappa shape index (κ2) is 5.38. The quantitative estimate of drug-likeness (QED) is 0.818. The van der Waals surface area contributed by atoms with Crippen molar-refractivity contribution in [3.05, 3.63) is 29.8 Å². The lowest BCUT2D eigenvalue weighted by Gasteiger charge is -2.13. The minimum atomic E-state index is -3.45. The molecule has 0 bridgehead atoms. The van der Waals surface area contributed by atoms with Gasteiger partial charge in [-0.3, -0.25) is 0 Å². The molecule has 1 aromatic rings. The smallest absolute Gasteiger partial charge is 0.240 e. The summed E-state index contributed by atoms with van der Waals surface area (Å²) in [5.74, 6) is 0.347. The summed E-state index contributed by atoms with van der Waals surface area (Å²) in [6, 6.07) is 6.87. The van der Waals surface area contributed by atoms with Gasteiger partial charge in [-0.05, 0) is 36.8 Å². The molecule has 0 heterocycles. The van der Waals surface area contributed by atoms with E-state index in [9.17, 15) is 13.5 Å². The number of hydrogen-bond donors (Lipinski definition) is 2. The molecule has 18 heavy (non-hydrogen) atoms. The zero-order valence-corrected chi connectivity index (χ0v) is 11.3. The molecule has 5 heteroatoms. The second-order valence-corrected chi connectivity index (χ2v) is 6.45. The van der Waals surface area contributed by atoms with Gasteiger partial charge in [0.1, 0.15) is 0 Å². The maximum Gasteiger partial charge on any atom is 0.240 e. The number of aliphatic hydroxyl groups is 1. The van der Waals surface area contributed by atoms with Crippen molar-refractivity contribution in [1.82, 2.24) is 4.72 Å². The zero-order chi connectivity index (χ0) is 13.2. The number of hydrogen-bond acceptors (Lipinski definition) is 3. The second-order valence-electron chi connectivity index (χ2n) is 4.72. The predicted octanol–water partition coefficient (Wildman–Crippen LogP) is 1.30. The molecule has 0 saturated heterocycles. The fraction of sp³-hybridized carbons (Fsp3) is 0.538. The summed E-state index contributed by atoms with van der Waals surface area (Å²) in [6.45, 7) is 2.11. The first-order chi connectivity index (χ1) is 8.54. The van der Waals surface area contributed by atoms with Crippen LogP contribution < -0.4 is 4.72 Å². The molecule has 0 aliphatic heterocycles. The molecule has 1 aromatic carbocycles. The van der Waals surface area contributed by atoms with Gasteiger partial charge in [0, 0.05) is 6.54 Å².